The van der Waals surface area contributed by atoms with Gasteiger partial charge >= 0.3 is 0 Å². The van der Waals surface area contributed by atoms with E-state index in [1.165, 1.54) is 0 Å². The molecule has 1 aliphatic heterocycles. The minimum absolute atomic E-state index is 0.0125. The lowest BCUT2D eigenvalue weighted by Gasteiger charge is -2.32. The van der Waals surface area contributed by atoms with Gasteiger partial charge in [0.25, 0.3) is 11.8 Å². The molecule has 1 aliphatic rings. The molecule has 2 aromatic rings. The Bertz CT molecular complexity index is 830. The monoisotopic (exact) mass is 390 g/mol. The summed E-state index contributed by atoms with van der Waals surface area (Å²) < 4.78 is 0. The molecular formula is C20H20Cl2N2O2. The zero-order valence-electron chi connectivity index (χ0n) is 14.5. The molecule has 2 amide bonds. The maximum atomic E-state index is 12.7. The highest BCUT2D eigenvalue weighted by molar-refractivity contribution is 6.35. The molecule has 1 heterocycles. The molecule has 0 spiro atoms. The van der Waals surface area contributed by atoms with Crippen LogP contribution in [-0.4, -0.2) is 35.8 Å². The maximum absolute atomic E-state index is 12.7. The second-order valence-electron chi connectivity index (χ2n) is 6.48. The van der Waals surface area contributed by atoms with Crippen LogP contribution in [0.5, 0.6) is 0 Å². The minimum atomic E-state index is -0.235. The van der Waals surface area contributed by atoms with Gasteiger partial charge in [0.1, 0.15) is 0 Å². The van der Waals surface area contributed by atoms with Gasteiger partial charge in [-0.25, -0.2) is 0 Å². The number of nitrogens with zero attached hydrogens (tertiary/aromatic N) is 1. The van der Waals surface area contributed by atoms with Gasteiger partial charge in [0.2, 0.25) is 0 Å². The van der Waals surface area contributed by atoms with Crippen molar-refractivity contribution in [1.82, 2.24) is 10.2 Å². The summed E-state index contributed by atoms with van der Waals surface area (Å²) in [6.45, 7) is 3.16. The molecule has 26 heavy (non-hydrogen) atoms. The second kappa shape index (κ2) is 8.11. The SMILES string of the molecule is Cc1ccccc1C(=O)N1CCC(NC(=O)c2cc(Cl)ccc2Cl)CC1. The van der Waals surface area contributed by atoms with Crippen LogP contribution < -0.4 is 5.32 Å². The quantitative estimate of drug-likeness (QED) is 0.847. The first kappa shape index (κ1) is 18.7. The van der Waals surface area contributed by atoms with E-state index in [4.69, 9.17) is 23.2 Å². The topological polar surface area (TPSA) is 49.4 Å². The Balaban J connectivity index is 1.59. The van der Waals surface area contributed by atoms with E-state index < -0.39 is 0 Å². The molecule has 0 atom stereocenters. The number of amides is 2. The van der Waals surface area contributed by atoms with Gasteiger partial charge in [0, 0.05) is 29.7 Å². The normalized spacial score (nSPS) is 15.0. The lowest BCUT2D eigenvalue weighted by molar-refractivity contribution is 0.0697. The summed E-state index contributed by atoms with van der Waals surface area (Å²) in [7, 11) is 0. The van der Waals surface area contributed by atoms with Crippen molar-refractivity contribution in [2.45, 2.75) is 25.8 Å². The van der Waals surface area contributed by atoms with Crippen LogP contribution in [0.25, 0.3) is 0 Å². The third-order valence-electron chi connectivity index (χ3n) is 4.67. The Kier molecular flexibility index (Phi) is 5.84. The lowest BCUT2D eigenvalue weighted by Crippen LogP contribution is -2.46. The van der Waals surface area contributed by atoms with Crippen molar-refractivity contribution < 1.29 is 9.59 Å². The van der Waals surface area contributed by atoms with Crippen LogP contribution in [0.3, 0.4) is 0 Å². The number of hydrogen-bond acceptors (Lipinski definition) is 2. The molecule has 1 N–H and O–H groups in total. The number of carbonyl (C=O) groups is 2. The minimum Gasteiger partial charge on any atom is -0.349 e. The molecule has 0 unspecified atom stereocenters. The average Bonchev–Trinajstić information content (AvgIpc) is 2.64. The lowest BCUT2D eigenvalue weighted by atomic mass is 10.0. The predicted octanol–water partition coefficient (Wildman–Crippen LogP) is 4.34. The number of halogens is 2. The Morgan fingerprint density at radius 2 is 1.73 bits per heavy atom. The molecule has 1 fully saturated rings. The molecule has 6 heteroatoms. The summed E-state index contributed by atoms with van der Waals surface area (Å²) in [6.07, 6.45) is 1.42. The molecule has 0 aromatic heterocycles. The maximum Gasteiger partial charge on any atom is 0.254 e. The molecular weight excluding hydrogens is 371 g/mol. The van der Waals surface area contributed by atoms with E-state index in [0.717, 1.165) is 11.1 Å². The van der Waals surface area contributed by atoms with E-state index in [1.807, 2.05) is 36.1 Å². The van der Waals surface area contributed by atoms with E-state index in [-0.39, 0.29) is 17.9 Å². The molecule has 1 saturated heterocycles. The Morgan fingerprint density at radius 1 is 1.04 bits per heavy atom. The number of aryl methyl sites for hydroxylation is 1. The van der Waals surface area contributed by atoms with Gasteiger partial charge in [-0.2, -0.15) is 0 Å². The predicted molar refractivity (Wildman–Crippen MR) is 104 cm³/mol. The fourth-order valence-electron chi connectivity index (χ4n) is 3.14. The van der Waals surface area contributed by atoms with Crippen LogP contribution in [0.2, 0.25) is 10.0 Å². The molecule has 0 saturated carbocycles. The number of piperidine rings is 1. The van der Waals surface area contributed by atoms with E-state index in [2.05, 4.69) is 5.32 Å². The van der Waals surface area contributed by atoms with Gasteiger partial charge in [0.15, 0.2) is 0 Å². The number of benzene rings is 2. The van der Waals surface area contributed by atoms with Crippen molar-refractivity contribution in [3.05, 3.63) is 69.2 Å². The van der Waals surface area contributed by atoms with Crippen molar-refractivity contribution in [3.8, 4) is 0 Å². The highest BCUT2D eigenvalue weighted by atomic mass is 35.5. The van der Waals surface area contributed by atoms with Crippen LogP contribution in [0.15, 0.2) is 42.5 Å². The van der Waals surface area contributed by atoms with E-state index in [9.17, 15) is 9.59 Å². The highest BCUT2D eigenvalue weighted by Crippen LogP contribution is 2.22. The molecule has 4 nitrogen and oxygen atoms in total. The summed E-state index contributed by atoms with van der Waals surface area (Å²) in [5, 5.41) is 3.84. The van der Waals surface area contributed by atoms with E-state index >= 15 is 0 Å². The van der Waals surface area contributed by atoms with Gasteiger partial charge in [0.05, 0.1) is 10.6 Å². The standard InChI is InChI=1S/C20H20Cl2N2O2/c1-13-4-2-3-5-16(13)20(26)24-10-8-15(9-11-24)23-19(25)17-12-14(21)6-7-18(17)22/h2-7,12,15H,8-11H2,1H3,(H,23,25). The Morgan fingerprint density at radius 3 is 2.42 bits per heavy atom. The Labute approximate surface area is 163 Å². The number of likely N-dealkylation sites (tertiary alicyclic amines) is 1. The zero-order chi connectivity index (χ0) is 18.7. The van der Waals surface area contributed by atoms with Crippen LogP contribution in [0, 0.1) is 6.92 Å². The van der Waals surface area contributed by atoms with Crippen LogP contribution in [0.1, 0.15) is 39.1 Å². The van der Waals surface area contributed by atoms with Crippen LogP contribution in [0.4, 0.5) is 0 Å². The van der Waals surface area contributed by atoms with Gasteiger partial charge in [-0.3, -0.25) is 9.59 Å². The first-order valence-electron chi connectivity index (χ1n) is 8.56. The third kappa shape index (κ3) is 4.19. The fourth-order valence-corrected chi connectivity index (χ4v) is 3.52. The first-order chi connectivity index (χ1) is 12.5. The summed E-state index contributed by atoms with van der Waals surface area (Å²) in [5.41, 5.74) is 2.09. The van der Waals surface area contributed by atoms with Crippen molar-refractivity contribution in [3.63, 3.8) is 0 Å². The van der Waals surface area contributed by atoms with Crippen LogP contribution >= 0.6 is 23.2 Å². The fraction of sp³-hybridized carbons (Fsp3) is 0.300. The van der Waals surface area contributed by atoms with Gasteiger partial charge in [-0.15, -0.1) is 0 Å². The van der Waals surface area contributed by atoms with E-state index in [1.54, 1.807) is 18.2 Å². The summed E-state index contributed by atoms with van der Waals surface area (Å²) in [5.74, 6) is -0.188. The summed E-state index contributed by atoms with van der Waals surface area (Å²) in [6, 6.07) is 12.4. The molecule has 3 rings (SSSR count). The zero-order valence-corrected chi connectivity index (χ0v) is 16.0. The summed E-state index contributed by atoms with van der Waals surface area (Å²) >= 11 is 12.0. The first-order valence-corrected chi connectivity index (χ1v) is 9.32. The third-order valence-corrected chi connectivity index (χ3v) is 5.23. The molecule has 2 aromatic carbocycles. The number of nitrogens with one attached hydrogen (secondary N) is 1. The van der Waals surface area contributed by atoms with E-state index in [0.29, 0.717) is 41.5 Å². The van der Waals surface area contributed by atoms with Gasteiger partial charge < -0.3 is 10.2 Å². The highest BCUT2D eigenvalue weighted by Gasteiger charge is 2.26. The van der Waals surface area contributed by atoms with Crippen molar-refractivity contribution in [2.75, 3.05) is 13.1 Å². The largest absolute Gasteiger partial charge is 0.349 e. The molecule has 136 valence electrons. The number of rotatable bonds is 3. The summed E-state index contributed by atoms with van der Waals surface area (Å²) in [4.78, 5) is 26.9. The van der Waals surface area contributed by atoms with Crippen molar-refractivity contribution in [2.24, 2.45) is 0 Å². The Hall–Kier alpha value is -2.04. The molecule has 0 aliphatic carbocycles. The molecule has 0 bridgehead atoms. The van der Waals surface area contributed by atoms with Crippen molar-refractivity contribution >= 4 is 35.0 Å². The van der Waals surface area contributed by atoms with Crippen LogP contribution in [-0.2, 0) is 0 Å². The van der Waals surface area contributed by atoms with Gasteiger partial charge in [-0.05, 0) is 49.6 Å². The number of carbonyl (C=O) groups excluding carboxylic acids is 2. The number of hydrogen-bond donors (Lipinski definition) is 1. The molecule has 0 radical (unpaired) electrons. The second-order valence-corrected chi connectivity index (χ2v) is 7.32. The van der Waals surface area contributed by atoms with Crippen molar-refractivity contribution in [1.29, 1.82) is 0 Å². The average molecular weight is 391 g/mol. The van der Waals surface area contributed by atoms with Gasteiger partial charge in [-0.1, -0.05) is 41.4 Å². The smallest absolute Gasteiger partial charge is 0.254 e.